The number of para-hydroxylation sites is 1. The second-order valence-corrected chi connectivity index (χ2v) is 9.60. The van der Waals surface area contributed by atoms with E-state index in [0.717, 1.165) is 44.1 Å². The lowest BCUT2D eigenvalue weighted by Crippen LogP contribution is -2.40. The average Bonchev–Trinajstić information content (AvgIpc) is 3.48. The molecule has 1 heterocycles. The molecule has 1 saturated carbocycles. The normalized spacial score (nSPS) is 19.4. The highest BCUT2D eigenvalue weighted by Gasteiger charge is 2.33. The molecular weight excluding hydrogens is 346 g/mol. The van der Waals surface area contributed by atoms with Gasteiger partial charge in [0.25, 0.3) is 0 Å². The summed E-state index contributed by atoms with van der Waals surface area (Å²) in [5.41, 5.74) is 0. The van der Waals surface area contributed by atoms with Gasteiger partial charge in [0, 0.05) is 6.54 Å². The first-order valence-electron chi connectivity index (χ1n) is 9.40. The van der Waals surface area contributed by atoms with Crippen LogP contribution in [0.2, 0.25) is 0 Å². The summed E-state index contributed by atoms with van der Waals surface area (Å²) in [5, 5.41) is -0.265. The first kappa shape index (κ1) is 17.6. The maximum atomic E-state index is 12.9. The summed E-state index contributed by atoms with van der Waals surface area (Å²) in [5.74, 6) is 2.25. The van der Waals surface area contributed by atoms with Crippen LogP contribution in [0.4, 0.5) is 0 Å². The molecule has 26 heavy (non-hydrogen) atoms. The molecule has 0 amide bonds. The molecule has 4 rings (SSSR count). The topological polar surface area (TPSA) is 46.6 Å². The largest absolute Gasteiger partial charge is 0.457 e. The van der Waals surface area contributed by atoms with E-state index in [1.165, 1.54) is 12.8 Å². The Kier molecular flexibility index (Phi) is 5.00. The van der Waals surface area contributed by atoms with Crippen molar-refractivity contribution in [3.63, 3.8) is 0 Å². The molecule has 138 valence electrons. The van der Waals surface area contributed by atoms with Gasteiger partial charge < -0.3 is 9.64 Å². The third kappa shape index (κ3) is 4.10. The van der Waals surface area contributed by atoms with Crippen molar-refractivity contribution in [2.24, 2.45) is 5.92 Å². The van der Waals surface area contributed by atoms with E-state index in [0.29, 0.717) is 10.6 Å². The molecule has 0 aromatic heterocycles. The molecule has 0 radical (unpaired) electrons. The summed E-state index contributed by atoms with van der Waals surface area (Å²) in [6, 6.07) is 16.3. The van der Waals surface area contributed by atoms with E-state index in [1.807, 2.05) is 30.3 Å². The van der Waals surface area contributed by atoms with Crippen molar-refractivity contribution in [2.75, 3.05) is 19.6 Å². The van der Waals surface area contributed by atoms with Crippen LogP contribution in [0.5, 0.6) is 11.5 Å². The monoisotopic (exact) mass is 371 g/mol. The molecule has 1 aliphatic carbocycles. The van der Waals surface area contributed by atoms with E-state index in [9.17, 15) is 8.42 Å². The predicted molar refractivity (Wildman–Crippen MR) is 102 cm³/mol. The lowest BCUT2D eigenvalue weighted by Gasteiger charge is -2.31. The highest BCUT2D eigenvalue weighted by molar-refractivity contribution is 7.92. The maximum Gasteiger partial charge on any atom is 0.181 e. The van der Waals surface area contributed by atoms with Crippen LogP contribution in [0, 0.1) is 5.92 Å². The summed E-state index contributed by atoms with van der Waals surface area (Å²) in [6.07, 6.45) is 4.15. The van der Waals surface area contributed by atoms with E-state index >= 15 is 0 Å². The van der Waals surface area contributed by atoms with Gasteiger partial charge in [-0.3, -0.25) is 0 Å². The van der Waals surface area contributed by atoms with Crippen LogP contribution >= 0.6 is 0 Å². The Hall–Kier alpha value is -1.85. The highest BCUT2D eigenvalue weighted by atomic mass is 32.2. The van der Waals surface area contributed by atoms with Crippen LogP contribution in [-0.4, -0.2) is 38.2 Å². The average molecular weight is 372 g/mol. The highest BCUT2D eigenvalue weighted by Crippen LogP contribution is 2.32. The van der Waals surface area contributed by atoms with Crippen LogP contribution in [0.15, 0.2) is 59.5 Å². The molecule has 2 aromatic rings. The molecule has 1 saturated heterocycles. The quantitative estimate of drug-likeness (QED) is 0.766. The zero-order valence-electron chi connectivity index (χ0n) is 14.9. The van der Waals surface area contributed by atoms with Crippen molar-refractivity contribution in [2.45, 2.75) is 35.8 Å². The Labute approximate surface area is 155 Å². The molecule has 4 nitrogen and oxygen atoms in total. The SMILES string of the molecule is O=S(=O)(c1ccc(Oc2ccccc2)cc1)C1CCN(CC2CC2)CC1. The predicted octanol–water partition coefficient (Wildman–Crippen LogP) is 4.13. The van der Waals surface area contributed by atoms with Crippen LogP contribution in [0.25, 0.3) is 0 Å². The van der Waals surface area contributed by atoms with Crippen molar-refractivity contribution >= 4 is 9.84 Å². The fraction of sp³-hybridized carbons (Fsp3) is 0.429. The number of piperidine rings is 1. The lowest BCUT2D eigenvalue weighted by atomic mass is 10.1. The maximum absolute atomic E-state index is 12.9. The summed E-state index contributed by atoms with van der Waals surface area (Å²) >= 11 is 0. The van der Waals surface area contributed by atoms with Crippen molar-refractivity contribution in [3.8, 4) is 11.5 Å². The molecule has 2 aliphatic rings. The minimum atomic E-state index is -3.27. The van der Waals surface area contributed by atoms with Gasteiger partial charge in [-0.25, -0.2) is 8.42 Å². The summed E-state index contributed by atoms with van der Waals surface area (Å²) in [4.78, 5) is 2.83. The second-order valence-electron chi connectivity index (χ2n) is 7.37. The Morgan fingerprint density at radius 1 is 0.846 bits per heavy atom. The van der Waals surface area contributed by atoms with Crippen LogP contribution in [-0.2, 0) is 9.84 Å². The zero-order valence-corrected chi connectivity index (χ0v) is 15.7. The number of sulfone groups is 1. The van der Waals surface area contributed by atoms with Gasteiger partial charge >= 0.3 is 0 Å². The summed E-state index contributed by atoms with van der Waals surface area (Å²) < 4.78 is 31.6. The Balaban J connectivity index is 1.39. The van der Waals surface area contributed by atoms with E-state index < -0.39 is 9.84 Å². The molecule has 0 spiro atoms. The van der Waals surface area contributed by atoms with E-state index in [1.54, 1.807) is 24.3 Å². The third-order valence-electron chi connectivity index (χ3n) is 5.32. The van der Waals surface area contributed by atoms with Gasteiger partial charge in [0.05, 0.1) is 10.1 Å². The number of ether oxygens (including phenoxy) is 1. The third-order valence-corrected chi connectivity index (χ3v) is 7.60. The van der Waals surface area contributed by atoms with Gasteiger partial charge in [-0.15, -0.1) is 0 Å². The fourth-order valence-corrected chi connectivity index (χ4v) is 5.31. The first-order valence-corrected chi connectivity index (χ1v) is 10.9. The van der Waals surface area contributed by atoms with Gasteiger partial charge in [-0.2, -0.15) is 0 Å². The van der Waals surface area contributed by atoms with E-state index in [2.05, 4.69) is 4.90 Å². The Bertz CT molecular complexity index is 821. The molecule has 0 N–H and O–H groups in total. The number of rotatable bonds is 6. The van der Waals surface area contributed by atoms with Gasteiger partial charge in [-0.05, 0) is 81.1 Å². The van der Waals surface area contributed by atoms with E-state index in [-0.39, 0.29) is 5.25 Å². The van der Waals surface area contributed by atoms with Crippen molar-refractivity contribution in [1.29, 1.82) is 0 Å². The minimum Gasteiger partial charge on any atom is -0.457 e. The smallest absolute Gasteiger partial charge is 0.181 e. The summed E-state index contributed by atoms with van der Waals surface area (Å²) in [7, 11) is -3.27. The van der Waals surface area contributed by atoms with Crippen LogP contribution in [0.1, 0.15) is 25.7 Å². The number of hydrogen-bond acceptors (Lipinski definition) is 4. The molecule has 0 atom stereocenters. The number of hydrogen-bond donors (Lipinski definition) is 0. The van der Waals surface area contributed by atoms with Crippen molar-refractivity contribution in [3.05, 3.63) is 54.6 Å². The van der Waals surface area contributed by atoms with Gasteiger partial charge in [0.1, 0.15) is 11.5 Å². The molecular formula is C21H25NO3S. The molecule has 0 bridgehead atoms. The number of nitrogens with zero attached hydrogens (tertiary/aromatic N) is 1. The van der Waals surface area contributed by atoms with Gasteiger partial charge in [-0.1, -0.05) is 18.2 Å². The Morgan fingerprint density at radius 2 is 1.46 bits per heavy atom. The van der Waals surface area contributed by atoms with Crippen molar-refractivity contribution in [1.82, 2.24) is 4.90 Å². The van der Waals surface area contributed by atoms with Crippen LogP contribution < -0.4 is 4.74 Å². The molecule has 0 unspecified atom stereocenters. The molecule has 2 aromatic carbocycles. The lowest BCUT2D eigenvalue weighted by molar-refractivity contribution is 0.221. The zero-order chi connectivity index (χ0) is 18.0. The first-order chi connectivity index (χ1) is 12.6. The Morgan fingerprint density at radius 3 is 2.08 bits per heavy atom. The van der Waals surface area contributed by atoms with E-state index in [4.69, 9.17) is 4.74 Å². The molecule has 2 fully saturated rings. The number of likely N-dealkylation sites (tertiary alicyclic amines) is 1. The second kappa shape index (κ2) is 7.41. The van der Waals surface area contributed by atoms with Gasteiger partial charge in [0.2, 0.25) is 0 Å². The fourth-order valence-electron chi connectivity index (χ4n) is 3.58. The molecule has 5 heteroatoms. The number of benzene rings is 2. The molecule has 1 aliphatic heterocycles. The standard InChI is InChI=1S/C21H25NO3S/c23-26(24,21-12-14-22(15-13-21)16-17-6-7-17)20-10-8-19(9-11-20)25-18-4-2-1-3-5-18/h1-5,8-11,17,21H,6-7,12-16H2. The van der Waals surface area contributed by atoms with Crippen LogP contribution in [0.3, 0.4) is 0 Å². The minimum absolute atomic E-state index is 0.265. The summed E-state index contributed by atoms with van der Waals surface area (Å²) in [6.45, 7) is 2.95. The van der Waals surface area contributed by atoms with Crippen molar-refractivity contribution < 1.29 is 13.2 Å². The van der Waals surface area contributed by atoms with Gasteiger partial charge in [0.15, 0.2) is 9.84 Å².